The molecular weight excluding hydrogens is 775 g/mol. The molecule has 0 radical (unpaired) electrons. The molecule has 2 atom stereocenters. The van der Waals surface area contributed by atoms with E-state index in [0.717, 1.165) is 33.3 Å². The van der Waals surface area contributed by atoms with Gasteiger partial charge >= 0.3 is 23.9 Å². The van der Waals surface area contributed by atoms with Gasteiger partial charge in [0.25, 0.3) is 0 Å². The number of hydrogen-bond acceptors (Lipinski definition) is 9. The summed E-state index contributed by atoms with van der Waals surface area (Å²) in [7, 11) is 0. The summed E-state index contributed by atoms with van der Waals surface area (Å²) in [6.07, 6.45) is 5.75. The predicted molar refractivity (Wildman–Crippen MR) is 207 cm³/mol. The van der Waals surface area contributed by atoms with Crippen LogP contribution in [0.15, 0.2) is 91.0 Å². The molecule has 4 aromatic rings. The van der Waals surface area contributed by atoms with Gasteiger partial charge in [-0.2, -0.15) is 0 Å². The van der Waals surface area contributed by atoms with Crippen molar-refractivity contribution in [3.05, 3.63) is 111 Å². The number of carbonyl (C=O) groups excluding carboxylic acids is 4. The molecule has 0 amide bonds. The van der Waals surface area contributed by atoms with Gasteiger partial charge in [-0.15, -0.1) is 0 Å². The zero-order valence-corrected chi connectivity index (χ0v) is 32.2. The lowest BCUT2D eigenvalue weighted by molar-refractivity contribution is -0.154. The number of unbranched alkanes of at least 4 members (excludes halogenated alkanes) is 4. The maximum absolute atomic E-state index is 12.8. The first-order valence-electron chi connectivity index (χ1n) is 17.6. The van der Waals surface area contributed by atoms with E-state index in [1.165, 1.54) is 81.1 Å². The van der Waals surface area contributed by atoms with Crippen molar-refractivity contribution < 1.29 is 42.9 Å². The van der Waals surface area contributed by atoms with Crippen LogP contribution in [0.1, 0.15) is 97.3 Å². The first kappa shape index (κ1) is 40.1. The Kier molecular flexibility index (Phi) is 15.7. The number of halogens is 1. The average Bonchev–Trinajstić information content (AvgIpc) is 3.16. The van der Waals surface area contributed by atoms with Crippen molar-refractivity contribution in [1.29, 1.82) is 0 Å². The van der Waals surface area contributed by atoms with Crippen molar-refractivity contribution >= 4 is 46.5 Å². The Labute approximate surface area is 319 Å². The molecule has 0 spiro atoms. The van der Waals surface area contributed by atoms with Crippen LogP contribution in [0.4, 0.5) is 0 Å². The molecule has 0 bridgehead atoms. The van der Waals surface area contributed by atoms with Crippen molar-refractivity contribution in [2.75, 3.05) is 13.2 Å². The largest absolute Gasteiger partial charge is 0.492 e. The number of ether oxygens (including phenoxy) is 5. The minimum Gasteiger partial charge on any atom is -0.492 e. The first-order chi connectivity index (χ1) is 25.1. The van der Waals surface area contributed by atoms with E-state index in [1.54, 1.807) is 12.1 Å². The molecule has 274 valence electrons. The molecule has 10 heteroatoms. The minimum absolute atomic E-state index is 0.180. The van der Waals surface area contributed by atoms with Crippen LogP contribution in [0.3, 0.4) is 0 Å². The first-order valence-corrected chi connectivity index (χ1v) is 18.7. The zero-order valence-electron chi connectivity index (χ0n) is 30.0. The van der Waals surface area contributed by atoms with Crippen LogP contribution in [0.2, 0.25) is 0 Å². The normalized spacial score (nSPS) is 11.9. The van der Waals surface area contributed by atoms with E-state index < -0.39 is 30.0 Å². The molecule has 0 saturated carbocycles. The summed E-state index contributed by atoms with van der Waals surface area (Å²) in [6, 6.07) is 25.0. The highest BCUT2D eigenvalue weighted by Gasteiger charge is 2.21. The third-order valence-corrected chi connectivity index (χ3v) is 9.16. The molecule has 2 unspecified atom stereocenters. The van der Waals surface area contributed by atoms with Gasteiger partial charge in [-0.1, -0.05) is 71.1 Å². The highest BCUT2D eigenvalue weighted by molar-refractivity contribution is 14.1. The van der Waals surface area contributed by atoms with E-state index >= 15 is 0 Å². The Morgan fingerprint density at radius 1 is 0.635 bits per heavy atom. The van der Waals surface area contributed by atoms with E-state index in [2.05, 4.69) is 35.6 Å². The molecule has 4 rings (SSSR count). The maximum atomic E-state index is 12.8. The summed E-state index contributed by atoms with van der Waals surface area (Å²) in [5.41, 5.74) is 2.77. The fourth-order valence-corrected chi connectivity index (χ4v) is 5.54. The van der Waals surface area contributed by atoms with Crippen LogP contribution in [0.5, 0.6) is 17.2 Å². The molecule has 0 saturated heterocycles. The quantitative estimate of drug-likeness (QED) is 0.0419. The summed E-state index contributed by atoms with van der Waals surface area (Å²) in [6.45, 7) is 8.57. The van der Waals surface area contributed by atoms with Crippen LogP contribution >= 0.6 is 22.6 Å². The summed E-state index contributed by atoms with van der Waals surface area (Å²) < 4.78 is 28.4. The van der Waals surface area contributed by atoms with Gasteiger partial charge < -0.3 is 23.7 Å². The third kappa shape index (κ3) is 12.2. The average molecular weight is 821 g/mol. The van der Waals surface area contributed by atoms with Gasteiger partial charge in [-0.05, 0) is 126 Å². The number of esters is 4. The highest BCUT2D eigenvalue weighted by atomic mass is 127. The molecule has 0 aromatic heterocycles. The minimum atomic E-state index is -1.06. The van der Waals surface area contributed by atoms with Gasteiger partial charge in [0.15, 0.2) is 6.10 Å². The second kappa shape index (κ2) is 20.4. The Balaban J connectivity index is 1.25. The van der Waals surface area contributed by atoms with Gasteiger partial charge in [0, 0.05) is 0 Å². The van der Waals surface area contributed by atoms with Gasteiger partial charge in [-0.25, -0.2) is 19.2 Å². The zero-order chi connectivity index (χ0) is 37.5. The van der Waals surface area contributed by atoms with Crippen molar-refractivity contribution in [3.8, 4) is 28.4 Å². The molecule has 52 heavy (non-hydrogen) atoms. The number of rotatable bonds is 18. The summed E-state index contributed by atoms with van der Waals surface area (Å²) in [5, 5.41) is 0. The molecule has 0 aliphatic heterocycles. The lowest BCUT2D eigenvalue weighted by atomic mass is 10.0. The number of hydrogen-bond donors (Lipinski definition) is 0. The Morgan fingerprint density at radius 2 is 1.15 bits per heavy atom. The van der Waals surface area contributed by atoms with Crippen molar-refractivity contribution in [2.45, 2.75) is 72.3 Å². The van der Waals surface area contributed by atoms with Crippen LogP contribution in [0.25, 0.3) is 11.1 Å². The number of carbonyl (C=O) groups is 4. The smallest absolute Gasteiger partial charge is 0.347 e. The van der Waals surface area contributed by atoms with Crippen molar-refractivity contribution in [3.63, 3.8) is 0 Å². The maximum Gasteiger partial charge on any atom is 0.347 e. The second-order valence-electron chi connectivity index (χ2n) is 12.5. The lowest BCUT2D eigenvalue weighted by Crippen LogP contribution is -2.27. The van der Waals surface area contributed by atoms with E-state index in [0.29, 0.717) is 12.2 Å². The molecule has 0 fully saturated rings. The molecule has 9 nitrogen and oxygen atoms in total. The van der Waals surface area contributed by atoms with Gasteiger partial charge in [0.05, 0.1) is 33.5 Å². The third-order valence-electron chi connectivity index (χ3n) is 8.32. The van der Waals surface area contributed by atoms with E-state index in [-0.39, 0.29) is 35.2 Å². The van der Waals surface area contributed by atoms with Crippen LogP contribution < -0.4 is 14.2 Å². The lowest BCUT2D eigenvalue weighted by Gasteiger charge is -2.15. The molecule has 0 aliphatic rings. The molecular formula is C42H45IO9. The van der Waals surface area contributed by atoms with Crippen molar-refractivity contribution in [2.24, 2.45) is 5.92 Å². The van der Waals surface area contributed by atoms with E-state index in [9.17, 15) is 19.2 Å². The Hall–Kier alpha value is -4.71. The predicted octanol–water partition coefficient (Wildman–Crippen LogP) is 9.88. The van der Waals surface area contributed by atoms with Gasteiger partial charge in [0.2, 0.25) is 0 Å². The second-order valence-corrected chi connectivity index (χ2v) is 13.7. The van der Waals surface area contributed by atoms with Crippen molar-refractivity contribution in [1.82, 2.24) is 0 Å². The molecule has 4 aromatic carbocycles. The van der Waals surface area contributed by atoms with Crippen LogP contribution in [0, 0.1) is 9.49 Å². The van der Waals surface area contributed by atoms with Gasteiger partial charge in [0.1, 0.15) is 17.2 Å². The fourth-order valence-electron chi connectivity index (χ4n) is 4.87. The fraction of sp³-hybridized carbons (Fsp3) is 0.333. The highest BCUT2D eigenvalue weighted by Crippen LogP contribution is 2.29. The summed E-state index contributed by atoms with van der Waals surface area (Å²) in [4.78, 5) is 50.2. The number of benzene rings is 4. The van der Waals surface area contributed by atoms with Crippen LogP contribution in [-0.4, -0.2) is 43.2 Å². The standard InChI is InChI=1S/C42H45IO9/c1-5-7-8-9-10-25-48-38-24-19-34(26-37(38)43)30-11-13-31(14-12-30)41(46)51-36-22-17-33(18-23-36)42(47)52-35-20-15-32(16-21-35)40(45)50-29(4)39(44)49-27-28(3)6-2/h11-24,26,28-29H,5-10,25,27H2,1-4H3. The molecule has 0 aliphatic carbocycles. The van der Waals surface area contributed by atoms with Gasteiger partial charge in [-0.3, -0.25) is 0 Å². The summed E-state index contributed by atoms with van der Waals surface area (Å²) >= 11 is 2.28. The van der Waals surface area contributed by atoms with Crippen LogP contribution in [-0.2, 0) is 14.3 Å². The Morgan fingerprint density at radius 3 is 1.69 bits per heavy atom. The van der Waals surface area contributed by atoms with E-state index in [4.69, 9.17) is 23.7 Å². The monoisotopic (exact) mass is 820 g/mol. The molecule has 0 N–H and O–H groups in total. The SMILES string of the molecule is CCCCCCCOc1ccc(-c2ccc(C(=O)Oc3ccc(C(=O)Oc4ccc(C(=O)OC(C)C(=O)OCC(C)CC)cc4)cc3)cc2)cc1I. The molecule has 0 heterocycles. The van der Waals surface area contributed by atoms with E-state index in [1.807, 2.05) is 38.1 Å². The summed E-state index contributed by atoms with van der Waals surface area (Å²) in [5.74, 6) is -0.945. The Bertz CT molecular complexity index is 1780. The topological polar surface area (TPSA) is 114 Å².